The van der Waals surface area contributed by atoms with Crippen molar-refractivity contribution in [3.05, 3.63) is 22.7 Å². The zero-order valence-electron chi connectivity index (χ0n) is 5.71. The van der Waals surface area contributed by atoms with Crippen LogP contribution in [-0.2, 0) is 6.61 Å². The van der Waals surface area contributed by atoms with Crippen molar-refractivity contribution in [3.8, 4) is 5.75 Å². The fourth-order valence-electron chi connectivity index (χ4n) is 0.799. The third kappa shape index (κ3) is 1.56. The van der Waals surface area contributed by atoms with Gasteiger partial charge in [0, 0.05) is 10.6 Å². The highest BCUT2D eigenvalue weighted by Crippen LogP contribution is 2.28. The minimum Gasteiger partial charge on any atom is -0.505 e. The SMILES string of the molecule is Nc1cc(Cl)cc(CO)c1O. The van der Waals surface area contributed by atoms with Crippen LogP contribution in [0.1, 0.15) is 5.56 Å². The number of benzene rings is 1. The van der Waals surface area contributed by atoms with Gasteiger partial charge in [0.1, 0.15) is 5.75 Å². The number of nitrogens with two attached hydrogens (primary N) is 1. The van der Waals surface area contributed by atoms with Crippen LogP contribution in [0.15, 0.2) is 12.1 Å². The average Bonchev–Trinajstić information content (AvgIpc) is 1.96. The molecule has 0 saturated heterocycles. The van der Waals surface area contributed by atoms with E-state index in [1.165, 1.54) is 12.1 Å². The zero-order chi connectivity index (χ0) is 8.43. The second-order valence-corrected chi connectivity index (χ2v) is 2.60. The van der Waals surface area contributed by atoms with Crippen molar-refractivity contribution < 1.29 is 10.2 Å². The van der Waals surface area contributed by atoms with E-state index in [0.29, 0.717) is 10.6 Å². The molecule has 1 aromatic rings. The smallest absolute Gasteiger partial charge is 0.144 e. The molecular formula is C7H8ClNO2. The van der Waals surface area contributed by atoms with E-state index in [1.54, 1.807) is 0 Å². The summed E-state index contributed by atoms with van der Waals surface area (Å²) in [7, 11) is 0. The van der Waals surface area contributed by atoms with Gasteiger partial charge in [-0.05, 0) is 12.1 Å². The minimum absolute atomic E-state index is 0.100. The zero-order valence-corrected chi connectivity index (χ0v) is 6.47. The van der Waals surface area contributed by atoms with Crippen LogP contribution in [0, 0.1) is 0 Å². The number of phenols is 1. The summed E-state index contributed by atoms with van der Waals surface area (Å²) in [6, 6.07) is 2.89. The summed E-state index contributed by atoms with van der Waals surface area (Å²) in [5.74, 6) is -0.100. The van der Waals surface area contributed by atoms with Gasteiger partial charge in [-0.3, -0.25) is 0 Å². The quantitative estimate of drug-likeness (QED) is 0.441. The highest BCUT2D eigenvalue weighted by Gasteiger charge is 2.04. The van der Waals surface area contributed by atoms with Gasteiger partial charge >= 0.3 is 0 Å². The van der Waals surface area contributed by atoms with E-state index in [9.17, 15) is 5.11 Å². The third-order valence-electron chi connectivity index (χ3n) is 1.35. The first-order chi connectivity index (χ1) is 5.15. The van der Waals surface area contributed by atoms with Crippen molar-refractivity contribution in [1.82, 2.24) is 0 Å². The minimum atomic E-state index is -0.267. The van der Waals surface area contributed by atoms with Gasteiger partial charge in [0.2, 0.25) is 0 Å². The van der Waals surface area contributed by atoms with Crippen molar-refractivity contribution in [2.75, 3.05) is 5.73 Å². The molecule has 0 spiro atoms. The molecular weight excluding hydrogens is 166 g/mol. The molecule has 0 aliphatic rings. The van der Waals surface area contributed by atoms with Crippen LogP contribution in [-0.4, -0.2) is 10.2 Å². The topological polar surface area (TPSA) is 66.5 Å². The molecule has 0 aromatic heterocycles. The molecule has 0 heterocycles. The molecule has 0 aliphatic heterocycles. The second-order valence-electron chi connectivity index (χ2n) is 2.16. The molecule has 0 amide bonds. The number of aromatic hydroxyl groups is 1. The number of halogens is 1. The lowest BCUT2D eigenvalue weighted by atomic mass is 10.2. The van der Waals surface area contributed by atoms with Gasteiger partial charge < -0.3 is 15.9 Å². The Hall–Kier alpha value is -0.930. The molecule has 11 heavy (non-hydrogen) atoms. The Bertz CT molecular complexity index is 275. The van der Waals surface area contributed by atoms with Gasteiger partial charge in [-0.2, -0.15) is 0 Å². The first-order valence-corrected chi connectivity index (χ1v) is 3.40. The first kappa shape index (κ1) is 8.17. The van der Waals surface area contributed by atoms with Gasteiger partial charge in [-0.15, -0.1) is 0 Å². The molecule has 0 atom stereocenters. The summed E-state index contributed by atoms with van der Waals surface area (Å²) in [5, 5.41) is 18.3. The van der Waals surface area contributed by atoms with Crippen LogP contribution in [0.25, 0.3) is 0 Å². The fraction of sp³-hybridized carbons (Fsp3) is 0.143. The van der Waals surface area contributed by atoms with E-state index in [2.05, 4.69) is 0 Å². The molecule has 0 fully saturated rings. The number of hydrogen-bond donors (Lipinski definition) is 3. The average molecular weight is 174 g/mol. The van der Waals surface area contributed by atoms with Crippen molar-refractivity contribution in [2.45, 2.75) is 6.61 Å². The van der Waals surface area contributed by atoms with E-state index in [0.717, 1.165) is 0 Å². The van der Waals surface area contributed by atoms with E-state index in [-0.39, 0.29) is 18.0 Å². The summed E-state index contributed by atoms with van der Waals surface area (Å²) in [5.41, 5.74) is 5.88. The van der Waals surface area contributed by atoms with E-state index in [4.69, 9.17) is 22.4 Å². The second kappa shape index (κ2) is 2.98. The molecule has 0 radical (unpaired) electrons. The molecule has 1 rings (SSSR count). The summed E-state index contributed by atoms with van der Waals surface area (Å²) in [6.07, 6.45) is 0. The Morgan fingerprint density at radius 3 is 2.64 bits per heavy atom. The van der Waals surface area contributed by atoms with Crippen LogP contribution < -0.4 is 5.73 Å². The van der Waals surface area contributed by atoms with Crippen molar-refractivity contribution >= 4 is 17.3 Å². The predicted molar refractivity (Wildman–Crippen MR) is 43.5 cm³/mol. The standard InChI is InChI=1S/C7H8ClNO2/c8-5-1-4(3-10)7(11)6(9)2-5/h1-2,10-11H,3,9H2. The molecule has 0 bridgehead atoms. The molecule has 0 unspecified atom stereocenters. The summed E-state index contributed by atoms with van der Waals surface area (Å²) in [6.45, 7) is -0.267. The number of nitrogen functional groups attached to an aromatic ring is 1. The Morgan fingerprint density at radius 1 is 1.45 bits per heavy atom. The van der Waals surface area contributed by atoms with Crippen molar-refractivity contribution in [2.24, 2.45) is 0 Å². The first-order valence-electron chi connectivity index (χ1n) is 3.03. The Kier molecular flexibility index (Phi) is 2.22. The number of aliphatic hydroxyl groups excluding tert-OH is 1. The van der Waals surface area contributed by atoms with Gasteiger partial charge in [0.05, 0.1) is 12.3 Å². The van der Waals surface area contributed by atoms with Gasteiger partial charge in [0.25, 0.3) is 0 Å². The fourth-order valence-corrected chi connectivity index (χ4v) is 1.05. The number of hydrogen-bond acceptors (Lipinski definition) is 3. The van der Waals surface area contributed by atoms with Crippen LogP contribution >= 0.6 is 11.6 Å². The largest absolute Gasteiger partial charge is 0.505 e. The molecule has 4 N–H and O–H groups in total. The third-order valence-corrected chi connectivity index (χ3v) is 1.57. The summed E-state index contributed by atoms with van der Waals surface area (Å²) < 4.78 is 0. The van der Waals surface area contributed by atoms with Crippen LogP contribution in [0.3, 0.4) is 0 Å². The summed E-state index contributed by atoms with van der Waals surface area (Å²) in [4.78, 5) is 0. The Balaban J connectivity index is 3.24. The van der Waals surface area contributed by atoms with E-state index >= 15 is 0 Å². The lowest BCUT2D eigenvalue weighted by molar-refractivity contribution is 0.276. The van der Waals surface area contributed by atoms with Crippen LogP contribution in [0.4, 0.5) is 5.69 Å². The maximum Gasteiger partial charge on any atom is 0.144 e. The van der Waals surface area contributed by atoms with Gasteiger partial charge in [-0.1, -0.05) is 11.6 Å². The van der Waals surface area contributed by atoms with E-state index < -0.39 is 0 Å². The molecule has 0 saturated carbocycles. The van der Waals surface area contributed by atoms with Crippen molar-refractivity contribution in [3.63, 3.8) is 0 Å². The molecule has 3 nitrogen and oxygen atoms in total. The maximum absolute atomic E-state index is 9.18. The van der Waals surface area contributed by atoms with Gasteiger partial charge in [0.15, 0.2) is 0 Å². The summed E-state index contributed by atoms with van der Waals surface area (Å²) >= 11 is 5.60. The highest BCUT2D eigenvalue weighted by atomic mass is 35.5. The normalized spacial score (nSPS) is 10.0. The Labute approximate surface area is 69.0 Å². The van der Waals surface area contributed by atoms with Gasteiger partial charge in [-0.25, -0.2) is 0 Å². The Morgan fingerprint density at radius 2 is 2.09 bits per heavy atom. The maximum atomic E-state index is 9.18. The van der Waals surface area contributed by atoms with Crippen LogP contribution in [0.2, 0.25) is 5.02 Å². The number of rotatable bonds is 1. The molecule has 4 heteroatoms. The van der Waals surface area contributed by atoms with Crippen molar-refractivity contribution in [1.29, 1.82) is 0 Å². The predicted octanol–water partition coefficient (Wildman–Crippen LogP) is 1.12. The number of aliphatic hydroxyl groups is 1. The molecule has 1 aromatic carbocycles. The van der Waals surface area contributed by atoms with Crippen LogP contribution in [0.5, 0.6) is 5.75 Å². The molecule has 60 valence electrons. The lowest BCUT2D eigenvalue weighted by Crippen LogP contribution is -1.91. The monoisotopic (exact) mass is 173 g/mol. The number of anilines is 1. The lowest BCUT2D eigenvalue weighted by Gasteiger charge is -2.04. The highest BCUT2D eigenvalue weighted by molar-refractivity contribution is 6.31. The van der Waals surface area contributed by atoms with E-state index in [1.807, 2.05) is 0 Å². The molecule has 0 aliphatic carbocycles.